The Balaban J connectivity index is 1.80. The first-order valence-electron chi connectivity index (χ1n) is 6.78. The standard InChI is InChI=1S/C14H24N2S/c1-3-15-10-13-4-5-14(17-13)11-16-8-6-12(2)7-9-16/h4-5,12,15H,3,6-11H2,1-2H3. The van der Waals surface area contributed by atoms with Gasteiger partial charge < -0.3 is 5.32 Å². The molecule has 1 N–H and O–H groups in total. The predicted octanol–water partition coefficient (Wildman–Crippen LogP) is 3.09. The van der Waals surface area contributed by atoms with Gasteiger partial charge >= 0.3 is 0 Å². The summed E-state index contributed by atoms with van der Waals surface area (Å²) in [5, 5.41) is 3.38. The van der Waals surface area contributed by atoms with Crippen LogP contribution in [0.4, 0.5) is 0 Å². The lowest BCUT2D eigenvalue weighted by Gasteiger charge is -2.29. The highest BCUT2D eigenvalue weighted by atomic mass is 32.1. The van der Waals surface area contributed by atoms with E-state index in [2.05, 4.69) is 36.2 Å². The highest BCUT2D eigenvalue weighted by molar-refractivity contribution is 7.11. The van der Waals surface area contributed by atoms with Crippen molar-refractivity contribution in [3.8, 4) is 0 Å². The second kappa shape index (κ2) is 6.53. The van der Waals surface area contributed by atoms with Crippen molar-refractivity contribution in [3.63, 3.8) is 0 Å². The largest absolute Gasteiger partial charge is 0.312 e. The van der Waals surface area contributed by atoms with Gasteiger partial charge in [0.2, 0.25) is 0 Å². The fraction of sp³-hybridized carbons (Fsp3) is 0.714. The minimum atomic E-state index is 0.930. The van der Waals surface area contributed by atoms with Gasteiger partial charge in [0.1, 0.15) is 0 Å². The molecule has 96 valence electrons. The highest BCUT2D eigenvalue weighted by Crippen LogP contribution is 2.22. The first-order chi connectivity index (χ1) is 8.28. The average molecular weight is 252 g/mol. The Morgan fingerprint density at radius 2 is 2.00 bits per heavy atom. The van der Waals surface area contributed by atoms with Crippen molar-refractivity contribution in [2.75, 3.05) is 19.6 Å². The maximum atomic E-state index is 3.38. The smallest absolute Gasteiger partial charge is 0.0328 e. The van der Waals surface area contributed by atoms with E-state index in [4.69, 9.17) is 0 Å². The van der Waals surface area contributed by atoms with Crippen LogP contribution in [0.1, 0.15) is 36.4 Å². The van der Waals surface area contributed by atoms with Gasteiger partial charge in [-0.05, 0) is 50.5 Å². The zero-order valence-corrected chi connectivity index (χ0v) is 11.9. The zero-order valence-electron chi connectivity index (χ0n) is 11.0. The number of hydrogen-bond donors (Lipinski definition) is 1. The summed E-state index contributed by atoms with van der Waals surface area (Å²) in [7, 11) is 0. The number of likely N-dealkylation sites (tertiary alicyclic amines) is 1. The molecule has 0 atom stereocenters. The number of piperidine rings is 1. The van der Waals surface area contributed by atoms with Crippen molar-refractivity contribution in [3.05, 3.63) is 21.9 Å². The van der Waals surface area contributed by atoms with Gasteiger partial charge in [0.05, 0.1) is 0 Å². The average Bonchev–Trinajstić information content (AvgIpc) is 2.77. The number of hydrogen-bond acceptors (Lipinski definition) is 3. The van der Waals surface area contributed by atoms with Crippen molar-refractivity contribution in [2.45, 2.75) is 39.8 Å². The lowest BCUT2D eigenvalue weighted by molar-refractivity contribution is 0.186. The van der Waals surface area contributed by atoms with Crippen LogP contribution in [0.3, 0.4) is 0 Å². The van der Waals surface area contributed by atoms with Crippen LogP contribution in [0, 0.1) is 5.92 Å². The lowest BCUT2D eigenvalue weighted by Crippen LogP contribution is -2.32. The van der Waals surface area contributed by atoms with Crippen LogP contribution >= 0.6 is 11.3 Å². The first kappa shape index (κ1) is 13.1. The van der Waals surface area contributed by atoms with Crippen LogP contribution in [-0.2, 0) is 13.1 Å². The normalized spacial score (nSPS) is 18.7. The Kier molecular flexibility index (Phi) is 5.01. The van der Waals surface area contributed by atoms with Crippen molar-refractivity contribution in [1.82, 2.24) is 10.2 Å². The summed E-state index contributed by atoms with van der Waals surface area (Å²) in [6.45, 7) is 10.3. The molecule has 3 heteroatoms. The summed E-state index contributed by atoms with van der Waals surface area (Å²) in [4.78, 5) is 5.59. The van der Waals surface area contributed by atoms with Crippen LogP contribution < -0.4 is 5.32 Å². The molecule has 2 nitrogen and oxygen atoms in total. The number of rotatable bonds is 5. The topological polar surface area (TPSA) is 15.3 Å². The van der Waals surface area contributed by atoms with E-state index in [0.717, 1.165) is 25.6 Å². The number of nitrogens with one attached hydrogen (secondary N) is 1. The van der Waals surface area contributed by atoms with Gasteiger partial charge in [-0.25, -0.2) is 0 Å². The van der Waals surface area contributed by atoms with E-state index in [-0.39, 0.29) is 0 Å². The third-order valence-corrected chi connectivity index (χ3v) is 4.59. The maximum Gasteiger partial charge on any atom is 0.0328 e. The SMILES string of the molecule is CCNCc1ccc(CN2CCC(C)CC2)s1. The fourth-order valence-corrected chi connectivity index (χ4v) is 3.32. The predicted molar refractivity (Wildman–Crippen MR) is 75.4 cm³/mol. The summed E-state index contributed by atoms with van der Waals surface area (Å²) < 4.78 is 0. The summed E-state index contributed by atoms with van der Waals surface area (Å²) in [6, 6.07) is 4.57. The molecule has 1 fully saturated rings. The first-order valence-corrected chi connectivity index (χ1v) is 7.60. The van der Waals surface area contributed by atoms with Gasteiger partial charge in [0.25, 0.3) is 0 Å². The van der Waals surface area contributed by atoms with Gasteiger partial charge in [0.15, 0.2) is 0 Å². The molecule has 1 saturated heterocycles. The minimum absolute atomic E-state index is 0.930. The molecule has 1 aromatic heterocycles. The maximum absolute atomic E-state index is 3.38. The second-order valence-corrected chi connectivity index (χ2v) is 6.36. The summed E-state index contributed by atoms with van der Waals surface area (Å²) in [6.07, 6.45) is 2.74. The Morgan fingerprint density at radius 3 is 2.71 bits per heavy atom. The van der Waals surface area contributed by atoms with E-state index in [1.807, 2.05) is 11.3 Å². The van der Waals surface area contributed by atoms with Crippen molar-refractivity contribution in [1.29, 1.82) is 0 Å². The van der Waals surface area contributed by atoms with Gasteiger partial charge in [-0.3, -0.25) is 4.90 Å². The molecule has 0 saturated carbocycles. The molecule has 0 amide bonds. The quantitative estimate of drug-likeness (QED) is 0.866. The van der Waals surface area contributed by atoms with Gasteiger partial charge in [-0.15, -0.1) is 11.3 Å². The number of thiophene rings is 1. The lowest BCUT2D eigenvalue weighted by atomic mass is 9.99. The molecule has 1 aliphatic heterocycles. The summed E-state index contributed by atoms with van der Waals surface area (Å²) in [5.74, 6) is 0.930. The van der Waals surface area contributed by atoms with Crippen molar-refractivity contribution >= 4 is 11.3 Å². The molecule has 0 bridgehead atoms. The van der Waals surface area contributed by atoms with E-state index >= 15 is 0 Å². The van der Waals surface area contributed by atoms with Crippen LogP contribution in [0.5, 0.6) is 0 Å². The Bertz CT molecular complexity index is 327. The Morgan fingerprint density at radius 1 is 1.29 bits per heavy atom. The minimum Gasteiger partial charge on any atom is -0.312 e. The van der Waals surface area contributed by atoms with Crippen molar-refractivity contribution in [2.24, 2.45) is 5.92 Å². The van der Waals surface area contributed by atoms with Crippen LogP contribution in [0.25, 0.3) is 0 Å². The Labute approximate surface area is 109 Å². The molecule has 2 rings (SSSR count). The van der Waals surface area contributed by atoms with Crippen LogP contribution in [0.2, 0.25) is 0 Å². The van der Waals surface area contributed by atoms with Gasteiger partial charge in [-0.1, -0.05) is 13.8 Å². The second-order valence-electron chi connectivity index (χ2n) is 5.11. The van der Waals surface area contributed by atoms with E-state index in [1.165, 1.54) is 35.7 Å². The molecule has 0 spiro atoms. The molecule has 1 aromatic rings. The zero-order chi connectivity index (χ0) is 12.1. The molecule has 0 aliphatic carbocycles. The molecule has 0 radical (unpaired) electrons. The molecule has 17 heavy (non-hydrogen) atoms. The molecule has 0 unspecified atom stereocenters. The Hall–Kier alpha value is -0.380. The monoisotopic (exact) mass is 252 g/mol. The van der Waals surface area contributed by atoms with E-state index in [0.29, 0.717) is 0 Å². The summed E-state index contributed by atoms with van der Waals surface area (Å²) in [5.41, 5.74) is 0. The number of nitrogens with zero attached hydrogens (tertiary/aromatic N) is 1. The third kappa shape index (κ3) is 4.09. The highest BCUT2D eigenvalue weighted by Gasteiger charge is 2.16. The third-order valence-electron chi connectivity index (χ3n) is 3.52. The molecule has 1 aliphatic rings. The van der Waals surface area contributed by atoms with Crippen molar-refractivity contribution < 1.29 is 0 Å². The summed E-state index contributed by atoms with van der Waals surface area (Å²) >= 11 is 1.96. The molecule has 0 aromatic carbocycles. The van der Waals surface area contributed by atoms with E-state index in [1.54, 1.807) is 0 Å². The fourth-order valence-electron chi connectivity index (χ4n) is 2.29. The van der Waals surface area contributed by atoms with Crippen LogP contribution in [-0.4, -0.2) is 24.5 Å². The molecular formula is C14H24N2S. The van der Waals surface area contributed by atoms with Gasteiger partial charge in [0, 0.05) is 22.8 Å². The van der Waals surface area contributed by atoms with Crippen LogP contribution in [0.15, 0.2) is 12.1 Å². The molecule has 2 heterocycles. The molecular weight excluding hydrogens is 228 g/mol. The van der Waals surface area contributed by atoms with Gasteiger partial charge in [-0.2, -0.15) is 0 Å². The van der Waals surface area contributed by atoms with E-state index in [9.17, 15) is 0 Å². The van der Waals surface area contributed by atoms with E-state index < -0.39 is 0 Å².